The van der Waals surface area contributed by atoms with Gasteiger partial charge in [-0.05, 0) is 73.4 Å². The number of aromatic nitrogens is 2. The van der Waals surface area contributed by atoms with Crippen LogP contribution < -0.4 is 9.62 Å². The van der Waals surface area contributed by atoms with Crippen molar-refractivity contribution < 1.29 is 12.8 Å². The van der Waals surface area contributed by atoms with Gasteiger partial charge in [0.2, 0.25) is 0 Å². The highest BCUT2D eigenvalue weighted by Gasteiger charge is 2.18. The number of anilines is 2. The molecule has 0 spiro atoms. The van der Waals surface area contributed by atoms with Gasteiger partial charge in [-0.2, -0.15) is 0 Å². The predicted molar refractivity (Wildman–Crippen MR) is 133 cm³/mol. The zero-order valence-electron chi connectivity index (χ0n) is 18.2. The zero-order chi connectivity index (χ0) is 23.7. The topological polar surface area (TPSA) is 75.2 Å². The minimum absolute atomic E-state index is 0.0194. The lowest BCUT2D eigenvalue weighted by atomic mass is 10.0. The van der Waals surface area contributed by atoms with Crippen LogP contribution in [0.3, 0.4) is 0 Å². The van der Waals surface area contributed by atoms with Crippen molar-refractivity contribution in [1.82, 2.24) is 9.97 Å². The standard InChI is InChI=1S/C25H22ClFN4O2S/c26-25-23(30-34(32,33)20-7-5-19(27)6-8-20)15-18(16-29-25)17-4-9-22-21(14-17)24(10-11-28-22)31-12-2-1-3-13-31/h4-11,14-16,30H,1-3,12-13H2. The molecule has 1 N–H and O–H groups in total. The maximum Gasteiger partial charge on any atom is 0.261 e. The number of sulfonamides is 1. The van der Waals surface area contributed by atoms with Crippen LogP contribution in [0.4, 0.5) is 15.8 Å². The summed E-state index contributed by atoms with van der Waals surface area (Å²) < 4.78 is 41.2. The fourth-order valence-corrected chi connectivity index (χ4v) is 5.48. The number of rotatable bonds is 5. The van der Waals surface area contributed by atoms with E-state index in [1.807, 2.05) is 24.4 Å². The minimum Gasteiger partial charge on any atom is -0.371 e. The smallest absolute Gasteiger partial charge is 0.261 e. The highest BCUT2D eigenvalue weighted by Crippen LogP contribution is 2.33. The monoisotopic (exact) mass is 496 g/mol. The molecule has 6 nitrogen and oxygen atoms in total. The van der Waals surface area contributed by atoms with Crippen LogP contribution in [0.25, 0.3) is 22.0 Å². The Bertz CT molecular complexity index is 1460. The maximum absolute atomic E-state index is 13.2. The normalized spacial score (nSPS) is 14.4. The number of pyridine rings is 2. The largest absolute Gasteiger partial charge is 0.371 e. The molecular formula is C25H22ClFN4O2S. The molecule has 2 aromatic heterocycles. The van der Waals surface area contributed by atoms with Gasteiger partial charge in [-0.15, -0.1) is 0 Å². The molecule has 1 fully saturated rings. The fourth-order valence-electron chi connectivity index (χ4n) is 4.22. The van der Waals surface area contributed by atoms with Gasteiger partial charge in [-0.3, -0.25) is 9.71 Å². The van der Waals surface area contributed by atoms with Gasteiger partial charge in [-0.25, -0.2) is 17.8 Å². The molecule has 4 aromatic rings. The average Bonchev–Trinajstić information content (AvgIpc) is 2.85. The SMILES string of the molecule is O=S(=O)(Nc1cc(-c2ccc3nccc(N4CCCCC4)c3c2)cnc1Cl)c1ccc(F)cc1. The Labute approximate surface area is 202 Å². The summed E-state index contributed by atoms with van der Waals surface area (Å²) in [6.07, 6.45) is 7.02. The second kappa shape index (κ2) is 9.19. The van der Waals surface area contributed by atoms with Crippen LogP contribution in [0, 0.1) is 5.82 Å². The first kappa shape index (κ1) is 22.6. The van der Waals surface area contributed by atoms with E-state index in [1.165, 1.54) is 31.4 Å². The van der Waals surface area contributed by atoms with Crippen molar-refractivity contribution in [2.45, 2.75) is 24.2 Å². The van der Waals surface area contributed by atoms with Crippen molar-refractivity contribution in [2.75, 3.05) is 22.7 Å². The second-order valence-electron chi connectivity index (χ2n) is 8.23. The quantitative estimate of drug-likeness (QED) is 0.349. The van der Waals surface area contributed by atoms with E-state index >= 15 is 0 Å². The van der Waals surface area contributed by atoms with Crippen LogP contribution in [0.5, 0.6) is 0 Å². The molecule has 2 aromatic carbocycles. The van der Waals surface area contributed by atoms with Gasteiger partial charge in [0.15, 0.2) is 5.15 Å². The lowest BCUT2D eigenvalue weighted by molar-refractivity contribution is 0.579. The van der Waals surface area contributed by atoms with Gasteiger partial charge in [0.05, 0.1) is 16.1 Å². The maximum atomic E-state index is 13.2. The number of benzene rings is 2. The van der Waals surface area contributed by atoms with Gasteiger partial charge in [0.1, 0.15) is 5.82 Å². The fraction of sp³-hybridized carbons (Fsp3) is 0.200. The summed E-state index contributed by atoms with van der Waals surface area (Å²) in [6, 6.07) is 14.2. The summed E-state index contributed by atoms with van der Waals surface area (Å²) in [5.41, 5.74) is 3.75. The van der Waals surface area contributed by atoms with Gasteiger partial charge < -0.3 is 4.90 Å². The number of hydrogen-bond acceptors (Lipinski definition) is 5. The Morgan fingerprint density at radius 2 is 1.68 bits per heavy atom. The molecular weight excluding hydrogens is 475 g/mol. The lowest BCUT2D eigenvalue weighted by Gasteiger charge is -2.29. The summed E-state index contributed by atoms with van der Waals surface area (Å²) in [6.45, 7) is 2.03. The van der Waals surface area contributed by atoms with Gasteiger partial charge >= 0.3 is 0 Å². The van der Waals surface area contributed by atoms with Crippen molar-refractivity contribution >= 4 is 43.9 Å². The Morgan fingerprint density at radius 1 is 0.912 bits per heavy atom. The van der Waals surface area contributed by atoms with Crippen LogP contribution in [-0.2, 0) is 10.0 Å². The molecule has 0 unspecified atom stereocenters. The third-order valence-corrected chi connectivity index (χ3v) is 7.64. The predicted octanol–water partition coefficient (Wildman–Crippen LogP) is 5.88. The van der Waals surface area contributed by atoms with Crippen LogP contribution in [0.15, 0.2) is 71.9 Å². The minimum atomic E-state index is -3.97. The van der Waals surface area contributed by atoms with E-state index in [0.717, 1.165) is 47.4 Å². The first-order chi connectivity index (χ1) is 16.4. The number of nitrogens with zero attached hydrogens (tertiary/aromatic N) is 3. The van der Waals surface area contributed by atoms with E-state index in [1.54, 1.807) is 12.3 Å². The number of piperidine rings is 1. The van der Waals surface area contributed by atoms with Crippen molar-refractivity contribution in [3.63, 3.8) is 0 Å². The first-order valence-corrected chi connectivity index (χ1v) is 12.8. The van der Waals surface area contributed by atoms with Gasteiger partial charge in [0.25, 0.3) is 10.0 Å². The van der Waals surface area contributed by atoms with E-state index in [4.69, 9.17) is 11.6 Å². The summed E-state index contributed by atoms with van der Waals surface area (Å²) in [5.74, 6) is -0.518. The third kappa shape index (κ3) is 4.56. The Kier molecular flexibility index (Phi) is 6.10. The van der Waals surface area contributed by atoms with E-state index in [2.05, 4.69) is 25.7 Å². The van der Waals surface area contributed by atoms with E-state index in [0.29, 0.717) is 5.56 Å². The van der Waals surface area contributed by atoms with E-state index in [9.17, 15) is 12.8 Å². The van der Waals surface area contributed by atoms with E-state index < -0.39 is 15.8 Å². The summed E-state index contributed by atoms with van der Waals surface area (Å²) >= 11 is 6.21. The summed E-state index contributed by atoms with van der Waals surface area (Å²) in [5, 5.41) is 1.05. The van der Waals surface area contributed by atoms with Crippen LogP contribution >= 0.6 is 11.6 Å². The van der Waals surface area contributed by atoms with Crippen molar-refractivity contribution in [3.8, 4) is 11.1 Å². The van der Waals surface area contributed by atoms with Crippen molar-refractivity contribution in [3.05, 3.63) is 78.0 Å². The molecule has 3 heterocycles. The molecule has 0 amide bonds. The molecule has 1 aliphatic rings. The Morgan fingerprint density at radius 3 is 2.44 bits per heavy atom. The third-order valence-electron chi connectivity index (χ3n) is 5.96. The Balaban J connectivity index is 1.51. The first-order valence-electron chi connectivity index (χ1n) is 11.0. The molecule has 174 valence electrons. The zero-order valence-corrected chi connectivity index (χ0v) is 19.8. The molecule has 0 atom stereocenters. The number of hydrogen-bond donors (Lipinski definition) is 1. The molecule has 9 heteroatoms. The van der Waals surface area contributed by atoms with Gasteiger partial charge in [0, 0.05) is 42.1 Å². The molecule has 5 rings (SSSR count). The van der Waals surface area contributed by atoms with E-state index in [-0.39, 0.29) is 15.7 Å². The Hall–Kier alpha value is -3.23. The molecule has 0 bridgehead atoms. The van der Waals surface area contributed by atoms with Crippen molar-refractivity contribution in [1.29, 1.82) is 0 Å². The molecule has 0 saturated carbocycles. The number of halogens is 2. The second-order valence-corrected chi connectivity index (χ2v) is 10.3. The average molecular weight is 497 g/mol. The summed E-state index contributed by atoms with van der Waals surface area (Å²) in [7, 11) is -3.97. The molecule has 0 aliphatic carbocycles. The number of fused-ring (bicyclic) bond motifs is 1. The molecule has 34 heavy (non-hydrogen) atoms. The lowest BCUT2D eigenvalue weighted by Crippen LogP contribution is -2.29. The molecule has 1 saturated heterocycles. The highest BCUT2D eigenvalue weighted by molar-refractivity contribution is 7.92. The van der Waals surface area contributed by atoms with Gasteiger partial charge in [-0.1, -0.05) is 17.7 Å². The summed E-state index contributed by atoms with van der Waals surface area (Å²) in [4.78, 5) is 11.0. The van der Waals surface area contributed by atoms with Crippen molar-refractivity contribution in [2.24, 2.45) is 0 Å². The van der Waals surface area contributed by atoms with Crippen LogP contribution in [-0.4, -0.2) is 31.5 Å². The molecule has 1 aliphatic heterocycles. The molecule has 0 radical (unpaired) electrons. The highest BCUT2D eigenvalue weighted by atomic mass is 35.5. The van der Waals surface area contributed by atoms with Crippen LogP contribution in [0.2, 0.25) is 5.15 Å². The number of nitrogens with one attached hydrogen (secondary N) is 1. The van der Waals surface area contributed by atoms with Crippen LogP contribution in [0.1, 0.15) is 19.3 Å².